The van der Waals surface area contributed by atoms with E-state index in [9.17, 15) is 9.59 Å². The third-order valence-electron chi connectivity index (χ3n) is 3.40. The molecule has 2 rings (SSSR count). The predicted molar refractivity (Wildman–Crippen MR) is 74.7 cm³/mol. The first-order valence-corrected chi connectivity index (χ1v) is 6.68. The van der Waals surface area contributed by atoms with Crippen molar-refractivity contribution in [3.8, 4) is 6.07 Å². The fourth-order valence-electron chi connectivity index (χ4n) is 1.97. The number of hydrogen-bond acceptors (Lipinski definition) is 3. The highest BCUT2D eigenvalue weighted by Crippen LogP contribution is 2.37. The number of amides is 2. The Kier molecular flexibility index (Phi) is 4.36. The van der Waals surface area contributed by atoms with Gasteiger partial charge in [0.2, 0.25) is 11.8 Å². The second kappa shape index (κ2) is 6.20. The molecule has 2 atom stereocenters. The zero-order valence-corrected chi connectivity index (χ0v) is 11.3. The topological polar surface area (TPSA) is 82.0 Å². The van der Waals surface area contributed by atoms with Gasteiger partial charge >= 0.3 is 0 Å². The van der Waals surface area contributed by atoms with E-state index in [1.165, 1.54) is 0 Å². The highest BCUT2D eigenvalue weighted by Gasteiger charge is 2.38. The molecule has 0 spiro atoms. The molecule has 0 bridgehead atoms. The van der Waals surface area contributed by atoms with Gasteiger partial charge in [0.1, 0.15) is 0 Å². The number of anilines is 1. The van der Waals surface area contributed by atoms with Crippen molar-refractivity contribution in [3.63, 3.8) is 0 Å². The molecule has 0 aromatic heterocycles. The van der Waals surface area contributed by atoms with Crippen LogP contribution < -0.4 is 10.6 Å². The number of nitrogens with zero attached hydrogens (tertiary/aromatic N) is 1. The number of carbonyl (C=O) groups is 2. The lowest BCUT2D eigenvalue weighted by Crippen LogP contribution is -2.29. The number of hydrogen-bond donors (Lipinski definition) is 2. The summed E-state index contributed by atoms with van der Waals surface area (Å²) < 4.78 is 0. The molecule has 0 aliphatic heterocycles. The van der Waals surface area contributed by atoms with Gasteiger partial charge in [0.05, 0.1) is 11.6 Å². The lowest BCUT2D eigenvalue weighted by Gasteiger charge is -2.06. The van der Waals surface area contributed by atoms with Crippen molar-refractivity contribution in [2.75, 3.05) is 11.9 Å². The fraction of sp³-hybridized carbons (Fsp3) is 0.400. The molecule has 0 heterocycles. The maximum Gasteiger partial charge on any atom is 0.226 e. The maximum absolute atomic E-state index is 11.7. The number of rotatable bonds is 5. The Bertz CT molecular complexity index is 545. The number of nitriles is 1. The van der Waals surface area contributed by atoms with E-state index in [2.05, 4.69) is 10.6 Å². The summed E-state index contributed by atoms with van der Waals surface area (Å²) in [5, 5.41) is 14.2. The molecular weight excluding hydrogens is 254 g/mol. The van der Waals surface area contributed by atoms with Gasteiger partial charge in [-0.2, -0.15) is 5.26 Å². The molecule has 5 heteroatoms. The Hall–Kier alpha value is -2.35. The van der Waals surface area contributed by atoms with Crippen molar-refractivity contribution in [1.82, 2.24) is 5.32 Å². The molecule has 1 aromatic carbocycles. The summed E-state index contributed by atoms with van der Waals surface area (Å²) >= 11 is 0. The second-order valence-corrected chi connectivity index (χ2v) is 5.10. The van der Waals surface area contributed by atoms with E-state index >= 15 is 0 Å². The number of benzene rings is 1. The van der Waals surface area contributed by atoms with Gasteiger partial charge < -0.3 is 10.6 Å². The van der Waals surface area contributed by atoms with Crippen LogP contribution in [0.4, 0.5) is 5.69 Å². The van der Waals surface area contributed by atoms with Crippen LogP contribution in [0.1, 0.15) is 25.3 Å². The monoisotopic (exact) mass is 271 g/mol. The van der Waals surface area contributed by atoms with Crippen molar-refractivity contribution in [1.29, 1.82) is 5.26 Å². The molecule has 1 aliphatic carbocycles. The summed E-state index contributed by atoms with van der Waals surface area (Å²) in [5.74, 6) is 0.501. The van der Waals surface area contributed by atoms with E-state index < -0.39 is 0 Å². The Morgan fingerprint density at radius 2 is 2.00 bits per heavy atom. The smallest absolute Gasteiger partial charge is 0.226 e. The lowest BCUT2D eigenvalue weighted by molar-refractivity contribution is -0.122. The molecule has 5 nitrogen and oxygen atoms in total. The van der Waals surface area contributed by atoms with Crippen LogP contribution in [0, 0.1) is 23.2 Å². The Morgan fingerprint density at radius 3 is 2.55 bits per heavy atom. The van der Waals surface area contributed by atoms with Crippen molar-refractivity contribution in [3.05, 3.63) is 29.8 Å². The van der Waals surface area contributed by atoms with E-state index in [0.717, 1.165) is 6.42 Å². The van der Waals surface area contributed by atoms with E-state index in [4.69, 9.17) is 5.26 Å². The maximum atomic E-state index is 11.7. The zero-order valence-electron chi connectivity index (χ0n) is 11.3. The van der Waals surface area contributed by atoms with Crippen molar-refractivity contribution < 1.29 is 9.59 Å². The highest BCUT2D eigenvalue weighted by atomic mass is 16.2. The summed E-state index contributed by atoms with van der Waals surface area (Å²) in [6.07, 6.45) is 1.19. The Labute approximate surface area is 118 Å². The summed E-state index contributed by atoms with van der Waals surface area (Å²) in [7, 11) is 0. The third kappa shape index (κ3) is 3.82. The summed E-state index contributed by atoms with van der Waals surface area (Å²) in [6, 6.07) is 8.67. The Balaban J connectivity index is 1.69. The van der Waals surface area contributed by atoms with Crippen LogP contribution in [0.2, 0.25) is 0 Å². The molecule has 1 aromatic rings. The quantitative estimate of drug-likeness (QED) is 0.854. The molecular formula is C15H17N3O2. The standard InChI is InChI=1S/C15H17N3O2/c1-10-8-13(10)15(20)17-7-6-14(19)18-12-4-2-11(9-16)3-5-12/h2-5,10,13H,6-8H2,1H3,(H,17,20)(H,18,19)/t10-,13+/m0/s1. The normalized spacial score (nSPS) is 19.8. The van der Waals surface area contributed by atoms with Crippen LogP contribution in [0.5, 0.6) is 0 Å². The van der Waals surface area contributed by atoms with Gasteiger partial charge in [0, 0.05) is 24.6 Å². The molecule has 0 saturated heterocycles. The predicted octanol–water partition coefficient (Wildman–Crippen LogP) is 1.66. The minimum absolute atomic E-state index is 0.0451. The SMILES string of the molecule is C[C@H]1C[C@H]1C(=O)NCCC(=O)Nc1ccc(C#N)cc1. The number of carbonyl (C=O) groups excluding carboxylic acids is 2. The van der Waals surface area contributed by atoms with E-state index in [1.807, 2.05) is 13.0 Å². The van der Waals surface area contributed by atoms with Gasteiger partial charge in [-0.05, 0) is 36.6 Å². The first kappa shape index (κ1) is 14.1. The van der Waals surface area contributed by atoms with Crippen molar-refractivity contribution in [2.45, 2.75) is 19.8 Å². The van der Waals surface area contributed by atoms with E-state index in [-0.39, 0.29) is 24.2 Å². The highest BCUT2D eigenvalue weighted by molar-refractivity contribution is 5.91. The molecule has 104 valence electrons. The average molecular weight is 271 g/mol. The van der Waals surface area contributed by atoms with Crippen LogP contribution >= 0.6 is 0 Å². The summed E-state index contributed by atoms with van der Waals surface area (Å²) in [4.78, 5) is 23.2. The van der Waals surface area contributed by atoms with Crippen LogP contribution in [0.15, 0.2) is 24.3 Å². The zero-order chi connectivity index (χ0) is 14.5. The number of nitrogens with one attached hydrogen (secondary N) is 2. The van der Waals surface area contributed by atoms with Gasteiger partial charge in [0.15, 0.2) is 0 Å². The molecule has 20 heavy (non-hydrogen) atoms. The minimum Gasteiger partial charge on any atom is -0.355 e. The van der Waals surface area contributed by atoms with Crippen LogP contribution in [-0.2, 0) is 9.59 Å². The van der Waals surface area contributed by atoms with Gasteiger partial charge in [-0.25, -0.2) is 0 Å². The van der Waals surface area contributed by atoms with Gasteiger partial charge in [-0.1, -0.05) is 6.92 Å². The molecule has 2 N–H and O–H groups in total. The summed E-state index contributed by atoms with van der Waals surface area (Å²) in [5.41, 5.74) is 1.20. The second-order valence-electron chi connectivity index (χ2n) is 5.10. The molecule has 1 aliphatic rings. The molecule has 0 radical (unpaired) electrons. The fourth-order valence-corrected chi connectivity index (χ4v) is 1.97. The first-order chi connectivity index (χ1) is 9.60. The Morgan fingerprint density at radius 1 is 1.35 bits per heavy atom. The van der Waals surface area contributed by atoms with Crippen molar-refractivity contribution in [2.24, 2.45) is 11.8 Å². The van der Waals surface area contributed by atoms with Crippen LogP contribution in [0.25, 0.3) is 0 Å². The van der Waals surface area contributed by atoms with Gasteiger partial charge in [-0.3, -0.25) is 9.59 Å². The molecule has 1 saturated carbocycles. The van der Waals surface area contributed by atoms with Crippen molar-refractivity contribution >= 4 is 17.5 Å². The summed E-state index contributed by atoms with van der Waals surface area (Å²) in [6.45, 7) is 2.39. The molecule has 2 amide bonds. The lowest BCUT2D eigenvalue weighted by atomic mass is 10.2. The van der Waals surface area contributed by atoms with E-state index in [0.29, 0.717) is 23.7 Å². The third-order valence-corrected chi connectivity index (χ3v) is 3.40. The largest absolute Gasteiger partial charge is 0.355 e. The minimum atomic E-state index is -0.154. The van der Waals surface area contributed by atoms with Crippen LogP contribution in [0.3, 0.4) is 0 Å². The van der Waals surface area contributed by atoms with Crippen LogP contribution in [-0.4, -0.2) is 18.4 Å². The van der Waals surface area contributed by atoms with Gasteiger partial charge in [-0.15, -0.1) is 0 Å². The first-order valence-electron chi connectivity index (χ1n) is 6.68. The van der Waals surface area contributed by atoms with Gasteiger partial charge in [0.25, 0.3) is 0 Å². The van der Waals surface area contributed by atoms with E-state index in [1.54, 1.807) is 24.3 Å². The average Bonchev–Trinajstić information content (AvgIpc) is 3.17. The molecule has 0 unspecified atom stereocenters. The molecule has 1 fully saturated rings.